The highest BCUT2D eigenvalue weighted by atomic mass is 35.5. The molecule has 1 heterocycles. The number of hydrogen-bond donors (Lipinski definition) is 2. The Kier molecular flexibility index (Phi) is 5.39. The van der Waals surface area contributed by atoms with Gasteiger partial charge >= 0.3 is 0 Å². The number of benzene rings is 2. The third-order valence-corrected chi connectivity index (χ3v) is 5.61. The van der Waals surface area contributed by atoms with Crippen LogP contribution in [0.25, 0.3) is 0 Å². The smallest absolute Gasteiger partial charge is 0.178 e. The average Bonchev–Trinajstić information content (AvgIpc) is 2.64. The number of nitrogens with zero attached hydrogens (tertiary/aromatic N) is 2. The molecule has 134 valence electrons. The van der Waals surface area contributed by atoms with Crippen LogP contribution in [0.5, 0.6) is 0 Å². The van der Waals surface area contributed by atoms with Crippen molar-refractivity contribution in [3.8, 4) is 0 Å². The highest BCUT2D eigenvalue weighted by Crippen LogP contribution is 2.22. The number of hydrogen-bond acceptors (Lipinski definition) is 6. The first-order valence-electron chi connectivity index (χ1n) is 7.91. The van der Waals surface area contributed by atoms with Gasteiger partial charge in [0.1, 0.15) is 18.0 Å². The molecule has 6 nitrogen and oxygen atoms in total. The van der Waals surface area contributed by atoms with Gasteiger partial charge in [0.15, 0.2) is 9.84 Å². The van der Waals surface area contributed by atoms with E-state index in [0.29, 0.717) is 22.3 Å². The molecule has 0 bridgehead atoms. The van der Waals surface area contributed by atoms with E-state index in [-0.39, 0.29) is 10.6 Å². The maximum atomic E-state index is 12.0. The van der Waals surface area contributed by atoms with Crippen molar-refractivity contribution in [2.75, 3.05) is 16.4 Å². The second-order valence-electron chi connectivity index (χ2n) is 5.48. The van der Waals surface area contributed by atoms with E-state index in [2.05, 4.69) is 20.6 Å². The Morgan fingerprint density at radius 2 is 1.58 bits per heavy atom. The van der Waals surface area contributed by atoms with Crippen LogP contribution in [0.15, 0.2) is 65.8 Å². The van der Waals surface area contributed by atoms with Crippen LogP contribution in [0.3, 0.4) is 0 Å². The summed E-state index contributed by atoms with van der Waals surface area (Å²) in [7, 11) is -3.26. The van der Waals surface area contributed by atoms with Crippen molar-refractivity contribution in [3.63, 3.8) is 0 Å². The summed E-state index contributed by atoms with van der Waals surface area (Å²) in [6, 6.07) is 15.6. The second-order valence-corrected chi connectivity index (χ2v) is 8.19. The molecule has 26 heavy (non-hydrogen) atoms. The Morgan fingerprint density at radius 3 is 2.23 bits per heavy atom. The molecule has 3 rings (SSSR count). The lowest BCUT2D eigenvalue weighted by molar-refractivity contribution is 0.597. The van der Waals surface area contributed by atoms with Crippen molar-refractivity contribution in [2.45, 2.75) is 11.8 Å². The van der Waals surface area contributed by atoms with E-state index >= 15 is 0 Å². The van der Waals surface area contributed by atoms with Crippen LogP contribution in [-0.4, -0.2) is 24.1 Å². The van der Waals surface area contributed by atoms with Gasteiger partial charge in [0.25, 0.3) is 0 Å². The predicted molar refractivity (Wildman–Crippen MR) is 104 cm³/mol. The summed E-state index contributed by atoms with van der Waals surface area (Å²) in [6.07, 6.45) is 1.42. The number of sulfone groups is 1. The normalized spacial score (nSPS) is 11.2. The van der Waals surface area contributed by atoms with Crippen LogP contribution in [-0.2, 0) is 9.84 Å². The van der Waals surface area contributed by atoms with Crippen LogP contribution < -0.4 is 10.6 Å². The highest BCUT2D eigenvalue weighted by Gasteiger charge is 2.12. The topological polar surface area (TPSA) is 84.0 Å². The van der Waals surface area contributed by atoms with Gasteiger partial charge in [-0.05, 0) is 42.5 Å². The quantitative estimate of drug-likeness (QED) is 0.650. The monoisotopic (exact) mass is 388 g/mol. The van der Waals surface area contributed by atoms with Crippen LogP contribution >= 0.6 is 11.6 Å². The summed E-state index contributed by atoms with van der Waals surface area (Å²) < 4.78 is 24.0. The Labute approximate surface area is 157 Å². The molecular weight excluding hydrogens is 372 g/mol. The summed E-state index contributed by atoms with van der Waals surface area (Å²) in [5.74, 6) is 1.20. The fourth-order valence-electron chi connectivity index (χ4n) is 2.26. The molecule has 0 radical (unpaired) electrons. The van der Waals surface area contributed by atoms with Gasteiger partial charge in [-0.3, -0.25) is 0 Å². The molecule has 0 spiro atoms. The Bertz CT molecular complexity index is 1010. The van der Waals surface area contributed by atoms with Gasteiger partial charge in [-0.1, -0.05) is 24.6 Å². The molecule has 0 fully saturated rings. The number of aromatic nitrogens is 2. The summed E-state index contributed by atoms with van der Waals surface area (Å²) >= 11 is 5.88. The van der Waals surface area contributed by atoms with Crippen molar-refractivity contribution in [1.82, 2.24) is 9.97 Å². The average molecular weight is 389 g/mol. The van der Waals surface area contributed by atoms with Gasteiger partial charge in [-0.2, -0.15) is 0 Å². The minimum absolute atomic E-state index is 0.0547. The van der Waals surface area contributed by atoms with Crippen LogP contribution in [0.1, 0.15) is 6.92 Å². The number of nitrogens with one attached hydrogen (secondary N) is 2. The lowest BCUT2D eigenvalue weighted by atomic mass is 10.3. The van der Waals surface area contributed by atoms with Gasteiger partial charge in [0, 0.05) is 22.5 Å². The van der Waals surface area contributed by atoms with Gasteiger partial charge in [-0.25, -0.2) is 18.4 Å². The maximum absolute atomic E-state index is 12.0. The summed E-state index contributed by atoms with van der Waals surface area (Å²) in [5.41, 5.74) is 1.48. The molecule has 0 aliphatic heterocycles. The molecule has 3 aromatic rings. The minimum Gasteiger partial charge on any atom is -0.340 e. The van der Waals surface area contributed by atoms with Gasteiger partial charge in [-0.15, -0.1) is 0 Å². The van der Waals surface area contributed by atoms with Crippen molar-refractivity contribution < 1.29 is 8.42 Å². The van der Waals surface area contributed by atoms with Crippen molar-refractivity contribution >= 4 is 44.4 Å². The number of anilines is 4. The predicted octanol–water partition coefficient (Wildman–Crippen LogP) is 4.41. The molecule has 0 unspecified atom stereocenters. The second kappa shape index (κ2) is 7.72. The molecule has 1 aromatic heterocycles. The van der Waals surface area contributed by atoms with Crippen LogP contribution in [0.4, 0.5) is 23.0 Å². The first kappa shape index (κ1) is 18.2. The molecule has 0 atom stereocenters. The van der Waals surface area contributed by atoms with Crippen LogP contribution in [0, 0.1) is 0 Å². The number of rotatable bonds is 6. The molecule has 0 amide bonds. The third-order valence-electron chi connectivity index (χ3n) is 3.63. The van der Waals surface area contributed by atoms with Crippen molar-refractivity contribution in [2.24, 2.45) is 0 Å². The lowest BCUT2D eigenvalue weighted by Gasteiger charge is -2.10. The molecule has 2 aromatic carbocycles. The summed E-state index contributed by atoms with van der Waals surface area (Å²) in [4.78, 5) is 8.62. The fourth-order valence-corrected chi connectivity index (χ4v) is 3.31. The molecular formula is C18H17ClN4O2S. The lowest BCUT2D eigenvalue weighted by Crippen LogP contribution is -2.04. The maximum Gasteiger partial charge on any atom is 0.178 e. The van der Waals surface area contributed by atoms with Crippen molar-refractivity contribution in [3.05, 3.63) is 65.9 Å². The van der Waals surface area contributed by atoms with E-state index in [1.54, 1.807) is 49.4 Å². The van der Waals surface area contributed by atoms with E-state index < -0.39 is 9.84 Å². The fraction of sp³-hybridized carbons (Fsp3) is 0.111. The minimum atomic E-state index is -3.26. The van der Waals surface area contributed by atoms with E-state index in [0.717, 1.165) is 5.69 Å². The molecule has 0 aliphatic rings. The SMILES string of the molecule is CCS(=O)(=O)c1cccc(Nc2cc(Nc3ccc(Cl)cc3)ncn2)c1. The first-order valence-corrected chi connectivity index (χ1v) is 9.94. The van der Waals surface area contributed by atoms with Gasteiger partial charge in [0.05, 0.1) is 10.6 Å². The van der Waals surface area contributed by atoms with E-state index in [4.69, 9.17) is 11.6 Å². The van der Waals surface area contributed by atoms with Gasteiger partial charge < -0.3 is 10.6 Å². The number of halogens is 1. The summed E-state index contributed by atoms with van der Waals surface area (Å²) in [6.45, 7) is 1.62. The summed E-state index contributed by atoms with van der Waals surface area (Å²) in [5, 5.41) is 6.91. The molecule has 0 saturated carbocycles. The zero-order valence-corrected chi connectivity index (χ0v) is 15.6. The highest BCUT2D eigenvalue weighted by molar-refractivity contribution is 7.91. The Morgan fingerprint density at radius 1 is 0.923 bits per heavy atom. The Balaban J connectivity index is 1.79. The molecule has 0 aliphatic carbocycles. The van der Waals surface area contributed by atoms with Crippen molar-refractivity contribution in [1.29, 1.82) is 0 Å². The molecule has 8 heteroatoms. The zero-order valence-electron chi connectivity index (χ0n) is 14.0. The molecule has 2 N–H and O–H groups in total. The van der Waals surface area contributed by atoms with E-state index in [9.17, 15) is 8.42 Å². The zero-order chi connectivity index (χ0) is 18.6. The standard InChI is InChI=1S/C18H17ClN4O2S/c1-2-26(24,25)16-5-3-4-15(10-16)23-18-11-17(20-12-21-18)22-14-8-6-13(19)7-9-14/h3-12H,2H2,1H3,(H2,20,21,22,23). The third kappa shape index (κ3) is 4.50. The van der Waals surface area contributed by atoms with Gasteiger partial charge in [0.2, 0.25) is 0 Å². The van der Waals surface area contributed by atoms with E-state index in [1.165, 1.54) is 6.33 Å². The Hall–Kier alpha value is -2.64. The largest absolute Gasteiger partial charge is 0.340 e. The molecule has 0 saturated heterocycles. The van der Waals surface area contributed by atoms with E-state index in [1.807, 2.05) is 12.1 Å². The first-order chi connectivity index (χ1) is 12.5. The van der Waals surface area contributed by atoms with Crippen LogP contribution in [0.2, 0.25) is 5.02 Å².